The maximum Gasteiger partial charge on any atom is 0.102 e. The Bertz CT molecular complexity index is 1080. The SMILES string of the molecule is N#CC1=C(c2ccccc2)N=C(c2ccccc2)C(C#N)C1c1cccs1. The number of benzene rings is 2. The van der Waals surface area contributed by atoms with E-state index in [2.05, 4.69) is 12.1 Å². The zero-order chi connectivity index (χ0) is 18.6. The number of nitriles is 2. The van der Waals surface area contributed by atoms with Crippen LogP contribution < -0.4 is 0 Å². The standard InChI is InChI=1S/C23H15N3S/c24-14-18-21(20-12-7-13-27-20)19(15-25)23(17-10-5-2-6-11-17)26-22(18)16-8-3-1-4-9-16/h1-13,18,21H. The minimum atomic E-state index is -0.506. The summed E-state index contributed by atoms with van der Waals surface area (Å²) in [4.78, 5) is 5.85. The second-order valence-corrected chi connectivity index (χ2v) is 7.18. The molecule has 0 aliphatic carbocycles. The minimum absolute atomic E-state index is 0.317. The summed E-state index contributed by atoms with van der Waals surface area (Å²) in [7, 11) is 0. The largest absolute Gasteiger partial charge is 0.250 e. The van der Waals surface area contributed by atoms with Gasteiger partial charge >= 0.3 is 0 Å². The normalized spacial score (nSPS) is 19.1. The molecule has 2 heterocycles. The van der Waals surface area contributed by atoms with Crippen molar-refractivity contribution >= 4 is 22.7 Å². The summed E-state index contributed by atoms with van der Waals surface area (Å²) >= 11 is 1.57. The van der Waals surface area contributed by atoms with Crippen LogP contribution in [0.1, 0.15) is 21.9 Å². The van der Waals surface area contributed by atoms with Crippen molar-refractivity contribution in [3.63, 3.8) is 0 Å². The van der Waals surface area contributed by atoms with Crippen molar-refractivity contribution in [3.05, 3.63) is 99.8 Å². The van der Waals surface area contributed by atoms with Crippen LogP contribution in [0.4, 0.5) is 0 Å². The molecule has 0 N–H and O–H groups in total. The molecule has 0 amide bonds. The van der Waals surface area contributed by atoms with Crippen molar-refractivity contribution in [1.82, 2.24) is 0 Å². The monoisotopic (exact) mass is 365 g/mol. The highest BCUT2D eigenvalue weighted by molar-refractivity contribution is 7.10. The van der Waals surface area contributed by atoms with E-state index in [0.717, 1.165) is 16.0 Å². The van der Waals surface area contributed by atoms with Crippen molar-refractivity contribution in [2.75, 3.05) is 0 Å². The Kier molecular flexibility index (Phi) is 4.66. The van der Waals surface area contributed by atoms with Crippen molar-refractivity contribution < 1.29 is 0 Å². The van der Waals surface area contributed by atoms with Crippen molar-refractivity contribution in [2.45, 2.75) is 5.92 Å². The summed E-state index contributed by atoms with van der Waals surface area (Å²) in [5.74, 6) is -0.823. The van der Waals surface area contributed by atoms with Gasteiger partial charge in [0.25, 0.3) is 0 Å². The Morgan fingerprint density at radius 1 is 0.815 bits per heavy atom. The van der Waals surface area contributed by atoms with E-state index in [1.54, 1.807) is 11.3 Å². The lowest BCUT2D eigenvalue weighted by Crippen LogP contribution is -2.27. The van der Waals surface area contributed by atoms with Gasteiger partial charge in [-0.1, -0.05) is 66.7 Å². The first kappa shape index (κ1) is 17.0. The van der Waals surface area contributed by atoms with Crippen LogP contribution in [0.5, 0.6) is 0 Å². The van der Waals surface area contributed by atoms with Crippen molar-refractivity contribution in [3.8, 4) is 12.1 Å². The highest BCUT2D eigenvalue weighted by atomic mass is 32.1. The molecule has 128 valence electrons. The van der Waals surface area contributed by atoms with Gasteiger partial charge in [0.15, 0.2) is 0 Å². The Morgan fingerprint density at radius 3 is 2.04 bits per heavy atom. The second kappa shape index (κ2) is 7.41. The third kappa shape index (κ3) is 3.08. The molecule has 0 saturated carbocycles. The smallest absolute Gasteiger partial charge is 0.102 e. The summed E-state index contributed by atoms with van der Waals surface area (Å²) in [6.45, 7) is 0. The number of hydrogen-bond donors (Lipinski definition) is 0. The number of allylic oxidation sites excluding steroid dienone is 1. The number of rotatable bonds is 3. The number of thiophene rings is 1. The predicted molar refractivity (Wildman–Crippen MR) is 108 cm³/mol. The zero-order valence-electron chi connectivity index (χ0n) is 14.4. The Hall–Kier alpha value is -3.47. The molecule has 1 aromatic heterocycles. The van der Waals surface area contributed by atoms with Crippen LogP contribution in [0.3, 0.4) is 0 Å². The van der Waals surface area contributed by atoms with Crippen LogP contribution in [0.15, 0.2) is 88.7 Å². The van der Waals surface area contributed by atoms with E-state index in [0.29, 0.717) is 17.0 Å². The van der Waals surface area contributed by atoms with E-state index in [1.807, 2.05) is 78.2 Å². The molecule has 3 nitrogen and oxygen atoms in total. The Morgan fingerprint density at radius 2 is 1.48 bits per heavy atom. The van der Waals surface area contributed by atoms with Gasteiger partial charge < -0.3 is 0 Å². The van der Waals surface area contributed by atoms with E-state index in [-0.39, 0.29) is 5.92 Å². The predicted octanol–water partition coefficient (Wildman–Crippen LogP) is 5.41. The fourth-order valence-corrected chi connectivity index (χ4v) is 4.30. The summed E-state index contributed by atoms with van der Waals surface area (Å²) in [5, 5.41) is 22.0. The second-order valence-electron chi connectivity index (χ2n) is 6.20. The summed E-state index contributed by atoms with van der Waals surface area (Å²) < 4.78 is 0. The van der Waals surface area contributed by atoms with E-state index < -0.39 is 5.92 Å². The lowest BCUT2D eigenvalue weighted by atomic mass is 9.77. The average molecular weight is 365 g/mol. The molecule has 4 rings (SSSR count). The Balaban J connectivity index is 2.00. The third-order valence-electron chi connectivity index (χ3n) is 4.65. The minimum Gasteiger partial charge on any atom is -0.250 e. The van der Waals surface area contributed by atoms with Crippen LogP contribution in [-0.4, -0.2) is 5.71 Å². The summed E-state index contributed by atoms with van der Waals surface area (Å²) in [6, 6.07) is 28.2. The van der Waals surface area contributed by atoms with E-state index >= 15 is 0 Å². The van der Waals surface area contributed by atoms with Crippen LogP contribution in [0.2, 0.25) is 0 Å². The molecule has 4 heteroatoms. The fraction of sp³-hybridized carbons (Fsp3) is 0.0870. The topological polar surface area (TPSA) is 59.9 Å². The molecule has 0 saturated heterocycles. The van der Waals surface area contributed by atoms with Crippen LogP contribution in [-0.2, 0) is 0 Å². The van der Waals surface area contributed by atoms with Gasteiger partial charge in [0.05, 0.1) is 35.0 Å². The molecular weight excluding hydrogens is 350 g/mol. The Labute approximate surface area is 162 Å². The molecule has 0 spiro atoms. The molecule has 3 aromatic rings. The molecule has 2 aromatic carbocycles. The fourth-order valence-electron chi connectivity index (χ4n) is 3.42. The summed E-state index contributed by atoms with van der Waals surface area (Å²) in [5.41, 5.74) is 3.72. The van der Waals surface area contributed by atoms with Gasteiger partial charge in [-0.15, -0.1) is 11.3 Å². The van der Waals surface area contributed by atoms with Crippen LogP contribution in [0.25, 0.3) is 5.70 Å². The van der Waals surface area contributed by atoms with Gasteiger partial charge in [-0.3, -0.25) is 0 Å². The van der Waals surface area contributed by atoms with Gasteiger partial charge in [-0.25, -0.2) is 4.99 Å². The molecule has 2 unspecified atom stereocenters. The molecular formula is C23H15N3S. The van der Waals surface area contributed by atoms with Crippen molar-refractivity contribution in [1.29, 1.82) is 10.5 Å². The molecule has 1 aliphatic heterocycles. The van der Waals surface area contributed by atoms with Gasteiger partial charge in [-0.2, -0.15) is 10.5 Å². The van der Waals surface area contributed by atoms with Gasteiger partial charge in [0.1, 0.15) is 5.92 Å². The first-order valence-corrected chi connectivity index (χ1v) is 9.48. The highest BCUT2D eigenvalue weighted by Gasteiger charge is 2.38. The molecule has 2 atom stereocenters. The van der Waals surface area contributed by atoms with Crippen LogP contribution >= 0.6 is 11.3 Å². The first-order chi connectivity index (χ1) is 13.3. The maximum atomic E-state index is 10.0. The van der Waals surface area contributed by atoms with Gasteiger partial charge in [-0.05, 0) is 17.0 Å². The average Bonchev–Trinajstić information content (AvgIpc) is 3.28. The van der Waals surface area contributed by atoms with E-state index in [1.165, 1.54) is 0 Å². The quantitative estimate of drug-likeness (QED) is 0.623. The van der Waals surface area contributed by atoms with E-state index in [9.17, 15) is 10.5 Å². The third-order valence-corrected chi connectivity index (χ3v) is 5.61. The maximum absolute atomic E-state index is 10.0. The van der Waals surface area contributed by atoms with E-state index in [4.69, 9.17) is 4.99 Å². The van der Waals surface area contributed by atoms with Crippen molar-refractivity contribution in [2.24, 2.45) is 10.9 Å². The molecule has 0 fully saturated rings. The van der Waals surface area contributed by atoms with Gasteiger partial charge in [0, 0.05) is 10.4 Å². The first-order valence-electron chi connectivity index (χ1n) is 8.60. The number of nitrogens with zero attached hydrogens (tertiary/aromatic N) is 3. The number of aliphatic imine (C=N–C) groups is 1. The lowest BCUT2D eigenvalue weighted by molar-refractivity contribution is 0.735. The molecule has 27 heavy (non-hydrogen) atoms. The highest BCUT2D eigenvalue weighted by Crippen LogP contribution is 2.43. The number of hydrogen-bond acceptors (Lipinski definition) is 4. The van der Waals surface area contributed by atoms with Gasteiger partial charge in [0.2, 0.25) is 0 Å². The zero-order valence-corrected chi connectivity index (χ0v) is 15.2. The molecule has 0 bridgehead atoms. The lowest BCUT2D eigenvalue weighted by Gasteiger charge is -2.28. The van der Waals surface area contributed by atoms with Crippen LogP contribution in [0, 0.1) is 28.6 Å². The molecule has 0 radical (unpaired) electrons. The molecule has 1 aliphatic rings. The summed E-state index contributed by atoms with van der Waals surface area (Å²) in [6.07, 6.45) is 0.